The molecule has 0 amide bonds. The molecule has 0 atom stereocenters. The predicted molar refractivity (Wildman–Crippen MR) is 70.1 cm³/mol. The van der Waals surface area contributed by atoms with Gasteiger partial charge in [-0.15, -0.1) is 0 Å². The third-order valence-electron chi connectivity index (χ3n) is 2.59. The van der Waals surface area contributed by atoms with Crippen LogP contribution in [-0.4, -0.2) is 20.1 Å². The van der Waals surface area contributed by atoms with Gasteiger partial charge in [-0.2, -0.15) is 0 Å². The number of hydrogen-bond acceptors (Lipinski definition) is 3. The summed E-state index contributed by atoms with van der Waals surface area (Å²) in [5, 5.41) is 0. The fourth-order valence-corrected chi connectivity index (χ4v) is 1.45. The normalized spacial score (nSPS) is 10.1. The summed E-state index contributed by atoms with van der Waals surface area (Å²) in [4.78, 5) is 13.4. The predicted octanol–water partition coefficient (Wildman–Crippen LogP) is 2.99. The van der Waals surface area contributed by atoms with E-state index in [4.69, 9.17) is 4.74 Å². The van der Waals surface area contributed by atoms with E-state index >= 15 is 0 Å². The molecular weight excluding hydrogens is 214 g/mol. The Balaban J connectivity index is 2.39. The standard InChI is InChI=1S/C14H21NO2/c1-4-5-6-14(16)17-11-12-7-9-13(10-8-12)15(2)3/h7-10H,4-6,11H2,1-3H3. The SMILES string of the molecule is CCCCC(=O)OCc1ccc(N(C)C)cc1. The number of benzene rings is 1. The van der Waals surface area contributed by atoms with Crippen molar-refractivity contribution in [1.29, 1.82) is 0 Å². The van der Waals surface area contributed by atoms with Crippen LogP contribution in [0.15, 0.2) is 24.3 Å². The highest BCUT2D eigenvalue weighted by atomic mass is 16.5. The fourth-order valence-electron chi connectivity index (χ4n) is 1.45. The molecule has 0 spiro atoms. The number of ether oxygens (including phenoxy) is 1. The fraction of sp³-hybridized carbons (Fsp3) is 0.500. The molecule has 0 N–H and O–H groups in total. The van der Waals surface area contributed by atoms with Crippen molar-refractivity contribution in [3.05, 3.63) is 29.8 Å². The number of carbonyl (C=O) groups excluding carboxylic acids is 1. The molecule has 0 aliphatic heterocycles. The summed E-state index contributed by atoms with van der Waals surface area (Å²) in [5.74, 6) is -0.108. The topological polar surface area (TPSA) is 29.5 Å². The van der Waals surface area contributed by atoms with Crippen LogP contribution in [-0.2, 0) is 16.1 Å². The minimum Gasteiger partial charge on any atom is -0.461 e. The first-order valence-corrected chi connectivity index (χ1v) is 6.05. The highest BCUT2D eigenvalue weighted by Crippen LogP contribution is 2.13. The van der Waals surface area contributed by atoms with Gasteiger partial charge >= 0.3 is 5.97 Å². The van der Waals surface area contributed by atoms with E-state index in [0.717, 1.165) is 24.1 Å². The van der Waals surface area contributed by atoms with Crippen molar-refractivity contribution in [3.63, 3.8) is 0 Å². The van der Waals surface area contributed by atoms with E-state index in [-0.39, 0.29) is 5.97 Å². The van der Waals surface area contributed by atoms with Crippen molar-refractivity contribution in [2.24, 2.45) is 0 Å². The molecule has 0 fully saturated rings. The first-order valence-electron chi connectivity index (χ1n) is 6.05. The highest BCUT2D eigenvalue weighted by molar-refractivity contribution is 5.69. The minimum atomic E-state index is -0.108. The van der Waals surface area contributed by atoms with Gasteiger partial charge in [0.25, 0.3) is 0 Å². The highest BCUT2D eigenvalue weighted by Gasteiger charge is 2.02. The van der Waals surface area contributed by atoms with Gasteiger partial charge in [0.05, 0.1) is 0 Å². The quantitative estimate of drug-likeness (QED) is 0.710. The van der Waals surface area contributed by atoms with Gasteiger partial charge in [0, 0.05) is 26.2 Å². The van der Waals surface area contributed by atoms with E-state index in [1.165, 1.54) is 0 Å². The van der Waals surface area contributed by atoms with E-state index in [2.05, 4.69) is 6.92 Å². The minimum absolute atomic E-state index is 0.108. The lowest BCUT2D eigenvalue weighted by atomic mass is 10.2. The number of nitrogens with zero attached hydrogens (tertiary/aromatic N) is 1. The molecule has 3 nitrogen and oxygen atoms in total. The van der Waals surface area contributed by atoms with Gasteiger partial charge in [-0.1, -0.05) is 25.5 Å². The van der Waals surface area contributed by atoms with Crippen molar-refractivity contribution in [2.75, 3.05) is 19.0 Å². The zero-order valence-corrected chi connectivity index (χ0v) is 10.9. The molecule has 1 rings (SSSR count). The first-order chi connectivity index (χ1) is 8.13. The maximum atomic E-state index is 11.3. The average molecular weight is 235 g/mol. The smallest absolute Gasteiger partial charge is 0.306 e. The van der Waals surface area contributed by atoms with E-state index in [0.29, 0.717) is 13.0 Å². The number of unbranched alkanes of at least 4 members (excludes halogenated alkanes) is 1. The van der Waals surface area contributed by atoms with Crippen LogP contribution < -0.4 is 4.90 Å². The molecule has 94 valence electrons. The Hall–Kier alpha value is -1.51. The Morgan fingerprint density at radius 2 is 1.88 bits per heavy atom. The molecule has 0 saturated carbocycles. The lowest BCUT2D eigenvalue weighted by Crippen LogP contribution is -2.08. The molecule has 1 aromatic carbocycles. The van der Waals surface area contributed by atoms with Crippen molar-refractivity contribution in [3.8, 4) is 0 Å². The molecule has 0 radical (unpaired) electrons. The van der Waals surface area contributed by atoms with Crippen molar-refractivity contribution >= 4 is 11.7 Å². The van der Waals surface area contributed by atoms with Gasteiger partial charge in [-0.3, -0.25) is 4.79 Å². The third kappa shape index (κ3) is 4.89. The number of carbonyl (C=O) groups is 1. The largest absolute Gasteiger partial charge is 0.461 e. The van der Waals surface area contributed by atoms with E-state index in [1.807, 2.05) is 43.3 Å². The van der Waals surface area contributed by atoms with E-state index < -0.39 is 0 Å². The van der Waals surface area contributed by atoms with Gasteiger partial charge in [0.2, 0.25) is 0 Å². The van der Waals surface area contributed by atoms with Crippen molar-refractivity contribution in [1.82, 2.24) is 0 Å². The Morgan fingerprint density at radius 1 is 1.24 bits per heavy atom. The first kappa shape index (κ1) is 13.6. The maximum absolute atomic E-state index is 11.3. The summed E-state index contributed by atoms with van der Waals surface area (Å²) in [6.07, 6.45) is 2.44. The summed E-state index contributed by atoms with van der Waals surface area (Å²) in [5.41, 5.74) is 2.17. The van der Waals surface area contributed by atoms with Crippen molar-refractivity contribution in [2.45, 2.75) is 32.8 Å². The number of hydrogen-bond donors (Lipinski definition) is 0. The Kier molecular flexibility index (Phi) is 5.53. The lowest BCUT2D eigenvalue weighted by molar-refractivity contribution is -0.145. The number of esters is 1. The number of anilines is 1. The van der Waals surface area contributed by atoms with Crippen LogP contribution >= 0.6 is 0 Å². The monoisotopic (exact) mass is 235 g/mol. The van der Waals surface area contributed by atoms with Gasteiger partial charge < -0.3 is 9.64 Å². The van der Waals surface area contributed by atoms with Crippen LogP contribution in [0.25, 0.3) is 0 Å². The summed E-state index contributed by atoms with van der Waals surface area (Å²) < 4.78 is 5.18. The van der Waals surface area contributed by atoms with Crippen LogP contribution in [0.3, 0.4) is 0 Å². The number of rotatable bonds is 6. The maximum Gasteiger partial charge on any atom is 0.306 e. The van der Waals surface area contributed by atoms with E-state index in [9.17, 15) is 4.79 Å². The molecule has 0 aromatic heterocycles. The molecular formula is C14H21NO2. The molecule has 0 unspecified atom stereocenters. The average Bonchev–Trinajstić information content (AvgIpc) is 2.34. The van der Waals surface area contributed by atoms with Crippen LogP contribution in [0, 0.1) is 0 Å². The second-order valence-corrected chi connectivity index (χ2v) is 4.33. The lowest BCUT2D eigenvalue weighted by Gasteiger charge is -2.12. The summed E-state index contributed by atoms with van der Waals surface area (Å²) in [6, 6.07) is 8.02. The Bertz CT molecular complexity index is 344. The van der Waals surface area contributed by atoms with Gasteiger partial charge in [-0.05, 0) is 24.1 Å². The molecule has 0 bridgehead atoms. The van der Waals surface area contributed by atoms with Crippen LogP contribution in [0.2, 0.25) is 0 Å². The molecule has 3 heteroatoms. The third-order valence-corrected chi connectivity index (χ3v) is 2.59. The van der Waals surface area contributed by atoms with Crippen LogP contribution in [0.4, 0.5) is 5.69 Å². The van der Waals surface area contributed by atoms with Gasteiger partial charge in [-0.25, -0.2) is 0 Å². The molecule has 0 aliphatic carbocycles. The molecule has 1 aromatic rings. The molecule has 0 heterocycles. The second kappa shape index (κ2) is 6.94. The zero-order valence-electron chi connectivity index (χ0n) is 10.9. The molecule has 0 saturated heterocycles. The van der Waals surface area contributed by atoms with E-state index in [1.54, 1.807) is 0 Å². The zero-order chi connectivity index (χ0) is 12.7. The Morgan fingerprint density at radius 3 is 2.41 bits per heavy atom. The van der Waals surface area contributed by atoms with Crippen molar-refractivity contribution < 1.29 is 9.53 Å². The van der Waals surface area contributed by atoms with Gasteiger partial charge in [0.1, 0.15) is 6.61 Å². The summed E-state index contributed by atoms with van der Waals surface area (Å²) >= 11 is 0. The van der Waals surface area contributed by atoms with Crippen LogP contribution in [0.1, 0.15) is 31.7 Å². The summed E-state index contributed by atoms with van der Waals surface area (Å²) in [7, 11) is 4.00. The molecule has 0 aliphatic rings. The van der Waals surface area contributed by atoms with Gasteiger partial charge in [0.15, 0.2) is 0 Å². The molecule has 17 heavy (non-hydrogen) atoms. The second-order valence-electron chi connectivity index (χ2n) is 4.33. The Labute approximate surface area is 103 Å². The summed E-state index contributed by atoms with van der Waals surface area (Å²) in [6.45, 7) is 2.43. The van der Waals surface area contributed by atoms with Crippen LogP contribution in [0.5, 0.6) is 0 Å².